The summed E-state index contributed by atoms with van der Waals surface area (Å²) in [6.45, 7) is 4.58. The second-order valence-electron chi connectivity index (χ2n) is 4.59. The number of rotatable bonds is 5. The Morgan fingerprint density at radius 1 is 1.25 bits per heavy atom. The first-order chi connectivity index (χ1) is 9.65. The number of hydrogen-bond acceptors (Lipinski definition) is 3. The molecule has 0 radical (unpaired) electrons. The van der Waals surface area contributed by atoms with E-state index in [-0.39, 0.29) is 0 Å². The number of anilines is 1. The van der Waals surface area contributed by atoms with E-state index in [0.717, 1.165) is 17.7 Å². The zero-order valence-electron chi connectivity index (χ0n) is 12.0. The molecule has 1 aromatic carbocycles. The number of aryl methyl sites for hydroxylation is 2. The van der Waals surface area contributed by atoms with E-state index in [1.807, 2.05) is 20.0 Å². The van der Waals surface area contributed by atoms with E-state index >= 15 is 0 Å². The molecule has 1 N–H and O–H groups in total. The fourth-order valence-corrected chi connectivity index (χ4v) is 2.28. The quantitative estimate of drug-likeness (QED) is 0.837. The minimum Gasteiger partial charge on any atom is -0.472 e. The van der Waals surface area contributed by atoms with Crippen LogP contribution in [-0.2, 0) is 13.0 Å². The van der Waals surface area contributed by atoms with Crippen LogP contribution >= 0.6 is 11.6 Å². The summed E-state index contributed by atoms with van der Waals surface area (Å²) in [6.07, 6.45) is 0.968. The number of benzene rings is 1. The Bertz CT molecular complexity index is 577. The van der Waals surface area contributed by atoms with E-state index in [1.165, 1.54) is 11.1 Å². The Hall–Kier alpha value is -1.74. The van der Waals surface area contributed by atoms with Gasteiger partial charge in [-0.1, -0.05) is 36.7 Å². The highest BCUT2D eigenvalue weighted by molar-refractivity contribution is 6.29. The summed E-state index contributed by atoms with van der Waals surface area (Å²) in [5.74, 6) is 0.588. The molecule has 0 bridgehead atoms. The third-order valence-electron chi connectivity index (χ3n) is 3.29. The van der Waals surface area contributed by atoms with Gasteiger partial charge in [-0.25, -0.2) is 4.98 Å². The molecule has 0 atom stereocenters. The van der Waals surface area contributed by atoms with Gasteiger partial charge in [0, 0.05) is 23.9 Å². The lowest BCUT2D eigenvalue weighted by Gasteiger charge is -2.15. The smallest absolute Gasteiger partial charge is 0.218 e. The second-order valence-corrected chi connectivity index (χ2v) is 4.98. The second kappa shape index (κ2) is 6.62. The van der Waals surface area contributed by atoms with Gasteiger partial charge in [0.15, 0.2) is 0 Å². The summed E-state index contributed by atoms with van der Waals surface area (Å²) in [4.78, 5) is 4.22. The van der Waals surface area contributed by atoms with Gasteiger partial charge in [0.05, 0.1) is 0 Å². The number of nitrogens with one attached hydrogen (secondary N) is 1. The molecule has 1 aromatic heterocycles. The molecule has 0 aliphatic carbocycles. The van der Waals surface area contributed by atoms with Crippen LogP contribution in [0.15, 0.2) is 30.3 Å². The number of aromatic nitrogens is 1. The number of ether oxygens (including phenoxy) is 1. The Kier molecular flexibility index (Phi) is 4.85. The highest BCUT2D eigenvalue weighted by Crippen LogP contribution is 2.24. The molecule has 2 aromatic rings. The topological polar surface area (TPSA) is 34.1 Å². The number of hydrogen-bond donors (Lipinski definition) is 1. The van der Waals surface area contributed by atoms with Crippen molar-refractivity contribution >= 4 is 17.3 Å². The molecule has 20 heavy (non-hydrogen) atoms. The molecule has 0 saturated heterocycles. The number of halogens is 1. The molecule has 2 rings (SSSR count). The highest BCUT2D eigenvalue weighted by Gasteiger charge is 2.09. The summed E-state index contributed by atoms with van der Waals surface area (Å²) in [5.41, 5.74) is 4.51. The fraction of sp³-hybridized carbons (Fsp3) is 0.312. The van der Waals surface area contributed by atoms with Crippen LogP contribution in [0.4, 0.5) is 5.69 Å². The summed E-state index contributed by atoms with van der Waals surface area (Å²) < 4.78 is 5.85. The van der Waals surface area contributed by atoms with Gasteiger partial charge in [-0.15, -0.1) is 0 Å². The lowest BCUT2D eigenvalue weighted by molar-refractivity contribution is 0.291. The van der Waals surface area contributed by atoms with E-state index < -0.39 is 0 Å². The van der Waals surface area contributed by atoms with E-state index in [9.17, 15) is 0 Å². The molecule has 106 valence electrons. The normalized spacial score (nSPS) is 10.4. The summed E-state index contributed by atoms with van der Waals surface area (Å²) in [5, 5.41) is 3.65. The van der Waals surface area contributed by atoms with Crippen molar-refractivity contribution in [2.45, 2.75) is 26.9 Å². The lowest BCUT2D eigenvalue weighted by Crippen LogP contribution is -2.06. The monoisotopic (exact) mass is 290 g/mol. The van der Waals surface area contributed by atoms with E-state index in [1.54, 1.807) is 6.07 Å². The molecule has 0 unspecified atom stereocenters. The first kappa shape index (κ1) is 14.7. The van der Waals surface area contributed by atoms with Crippen LogP contribution in [0.2, 0.25) is 5.15 Å². The molecular weight excluding hydrogens is 272 g/mol. The average Bonchev–Trinajstić information content (AvgIpc) is 2.47. The third kappa shape index (κ3) is 3.23. The number of pyridine rings is 1. The molecule has 0 saturated carbocycles. The lowest BCUT2D eigenvalue weighted by atomic mass is 10.0. The van der Waals surface area contributed by atoms with Gasteiger partial charge in [-0.3, -0.25) is 0 Å². The van der Waals surface area contributed by atoms with Crippen LogP contribution in [-0.4, -0.2) is 12.0 Å². The predicted octanol–water partition coefficient (Wildman–Crippen LogP) is 4.23. The molecule has 1 heterocycles. The molecule has 0 aliphatic heterocycles. The van der Waals surface area contributed by atoms with Crippen LogP contribution in [0.5, 0.6) is 5.88 Å². The Morgan fingerprint density at radius 3 is 2.75 bits per heavy atom. The van der Waals surface area contributed by atoms with Gasteiger partial charge >= 0.3 is 0 Å². The van der Waals surface area contributed by atoms with Crippen molar-refractivity contribution in [2.24, 2.45) is 0 Å². The Balaban J connectivity index is 2.24. The summed E-state index contributed by atoms with van der Waals surface area (Å²) in [7, 11) is 1.92. The molecule has 3 nitrogen and oxygen atoms in total. The van der Waals surface area contributed by atoms with Crippen molar-refractivity contribution in [1.82, 2.24) is 4.98 Å². The first-order valence-electron chi connectivity index (χ1n) is 6.70. The van der Waals surface area contributed by atoms with Gasteiger partial charge in [-0.05, 0) is 31.0 Å². The Labute approximate surface area is 124 Å². The maximum absolute atomic E-state index is 5.91. The van der Waals surface area contributed by atoms with Gasteiger partial charge in [0.1, 0.15) is 11.8 Å². The number of nitrogens with zero attached hydrogens (tertiary/aromatic N) is 1. The summed E-state index contributed by atoms with van der Waals surface area (Å²) >= 11 is 5.91. The standard InChI is InChI=1S/C16H19ClN2O/c1-4-12-6-5-7-14(18-3)13(12)10-20-16-11(2)8-9-15(17)19-16/h5-9,18H,4,10H2,1-3H3. The van der Waals surface area contributed by atoms with Gasteiger partial charge in [0.25, 0.3) is 0 Å². The van der Waals surface area contributed by atoms with E-state index in [4.69, 9.17) is 16.3 Å². The molecule has 0 spiro atoms. The summed E-state index contributed by atoms with van der Waals surface area (Å²) in [6, 6.07) is 9.91. The van der Waals surface area contributed by atoms with Crippen LogP contribution in [0.25, 0.3) is 0 Å². The zero-order valence-corrected chi connectivity index (χ0v) is 12.8. The SMILES string of the molecule is CCc1cccc(NC)c1COc1nc(Cl)ccc1C. The molecule has 0 amide bonds. The van der Waals surface area contributed by atoms with Gasteiger partial charge < -0.3 is 10.1 Å². The first-order valence-corrected chi connectivity index (χ1v) is 7.08. The third-order valence-corrected chi connectivity index (χ3v) is 3.50. The largest absolute Gasteiger partial charge is 0.472 e. The fourth-order valence-electron chi connectivity index (χ4n) is 2.14. The minimum absolute atomic E-state index is 0.447. The van der Waals surface area contributed by atoms with Crippen molar-refractivity contribution in [3.63, 3.8) is 0 Å². The van der Waals surface area contributed by atoms with Crippen molar-refractivity contribution in [1.29, 1.82) is 0 Å². The highest BCUT2D eigenvalue weighted by atomic mass is 35.5. The van der Waals surface area contributed by atoms with Gasteiger partial charge in [-0.2, -0.15) is 0 Å². The van der Waals surface area contributed by atoms with Crippen molar-refractivity contribution in [3.05, 3.63) is 52.2 Å². The van der Waals surface area contributed by atoms with Crippen LogP contribution in [0, 0.1) is 6.92 Å². The minimum atomic E-state index is 0.447. The van der Waals surface area contributed by atoms with Crippen LogP contribution in [0.3, 0.4) is 0 Å². The maximum Gasteiger partial charge on any atom is 0.218 e. The van der Waals surface area contributed by atoms with Crippen LogP contribution in [0.1, 0.15) is 23.6 Å². The zero-order chi connectivity index (χ0) is 14.5. The average molecular weight is 291 g/mol. The molecular formula is C16H19ClN2O. The molecule has 4 heteroatoms. The Morgan fingerprint density at radius 2 is 2.05 bits per heavy atom. The van der Waals surface area contributed by atoms with Crippen LogP contribution < -0.4 is 10.1 Å². The van der Waals surface area contributed by atoms with Crippen molar-refractivity contribution in [3.8, 4) is 5.88 Å². The van der Waals surface area contributed by atoms with Gasteiger partial charge in [0.2, 0.25) is 5.88 Å². The van der Waals surface area contributed by atoms with E-state index in [2.05, 4.69) is 35.4 Å². The maximum atomic E-state index is 5.91. The predicted molar refractivity (Wildman–Crippen MR) is 83.7 cm³/mol. The van der Waals surface area contributed by atoms with Crippen molar-refractivity contribution in [2.75, 3.05) is 12.4 Å². The molecule has 0 fully saturated rings. The van der Waals surface area contributed by atoms with Crippen molar-refractivity contribution < 1.29 is 4.74 Å². The molecule has 0 aliphatic rings. The van der Waals surface area contributed by atoms with E-state index in [0.29, 0.717) is 17.6 Å².